The normalized spacial score (nSPS) is 16.3. The van der Waals surface area contributed by atoms with Crippen molar-refractivity contribution in [2.24, 2.45) is 0 Å². The van der Waals surface area contributed by atoms with Crippen LogP contribution in [0.5, 0.6) is 0 Å². The molecule has 1 fully saturated rings. The molecule has 0 saturated heterocycles. The second-order valence-electron chi connectivity index (χ2n) is 4.56. The molecule has 1 aromatic rings. The average molecular weight is 392 g/mol. The molecule has 1 aliphatic carbocycles. The van der Waals surface area contributed by atoms with Gasteiger partial charge in [0.25, 0.3) is 0 Å². The second kappa shape index (κ2) is 6.87. The quantitative estimate of drug-likeness (QED) is 0.706. The number of halogens is 2. The minimum atomic E-state index is 0.535. The summed E-state index contributed by atoms with van der Waals surface area (Å²) in [6.45, 7) is 0. The second-order valence-corrected chi connectivity index (χ2v) is 6.74. The first kappa shape index (κ1) is 14.3. The lowest BCUT2D eigenvalue weighted by atomic mass is 9.96. The van der Waals surface area contributed by atoms with Gasteiger partial charge in [0.05, 0.1) is 5.69 Å². The van der Waals surface area contributed by atoms with Gasteiger partial charge in [-0.2, -0.15) is 0 Å². The van der Waals surface area contributed by atoms with E-state index in [0.717, 1.165) is 14.6 Å². The third kappa shape index (κ3) is 4.21. The molecule has 0 spiro atoms. The molecule has 5 heteroatoms. The van der Waals surface area contributed by atoms with Crippen LogP contribution in [0.3, 0.4) is 0 Å². The molecule has 1 aromatic carbocycles. The Labute approximate surface area is 130 Å². The minimum absolute atomic E-state index is 0.535. The molecule has 0 aliphatic heterocycles. The van der Waals surface area contributed by atoms with Crippen molar-refractivity contribution in [3.8, 4) is 0 Å². The Morgan fingerprint density at radius 3 is 2.56 bits per heavy atom. The molecule has 0 radical (unpaired) electrons. The molecule has 0 amide bonds. The van der Waals surface area contributed by atoms with Crippen LogP contribution in [-0.2, 0) is 0 Å². The van der Waals surface area contributed by atoms with Crippen molar-refractivity contribution >= 4 is 54.9 Å². The molecule has 2 N–H and O–H groups in total. The Morgan fingerprint density at radius 2 is 1.89 bits per heavy atom. The van der Waals surface area contributed by atoms with Crippen LogP contribution in [-0.4, -0.2) is 11.2 Å². The van der Waals surface area contributed by atoms with Crippen LogP contribution in [0, 0.1) is 0 Å². The number of benzene rings is 1. The van der Waals surface area contributed by atoms with Crippen molar-refractivity contribution in [3.63, 3.8) is 0 Å². The highest BCUT2D eigenvalue weighted by molar-refractivity contribution is 9.11. The molecule has 0 unspecified atom stereocenters. The summed E-state index contributed by atoms with van der Waals surface area (Å²) in [6.07, 6.45) is 6.42. The standard InChI is InChI=1S/C13H16Br2N2S/c14-9-6-7-12(11(15)8-9)17-13(18)16-10-4-2-1-3-5-10/h6-8,10H,1-5H2,(H2,16,17,18). The SMILES string of the molecule is S=C(Nc1ccc(Br)cc1Br)NC1CCCCC1. The van der Waals surface area contributed by atoms with Crippen molar-refractivity contribution in [1.82, 2.24) is 5.32 Å². The highest BCUT2D eigenvalue weighted by atomic mass is 79.9. The van der Waals surface area contributed by atoms with Crippen LogP contribution < -0.4 is 10.6 Å². The van der Waals surface area contributed by atoms with Gasteiger partial charge < -0.3 is 10.6 Å². The number of hydrogen-bond acceptors (Lipinski definition) is 1. The molecule has 1 saturated carbocycles. The van der Waals surface area contributed by atoms with Gasteiger partial charge in [-0.25, -0.2) is 0 Å². The minimum Gasteiger partial charge on any atom is -0.360 e. The van der Waals surface area contributed by atoms with Gasteiger partial charge in [-0.05, 0) is 59.2 Å². The Morgan fingerprint density at radius 1 is 1.17 bits per heavy atom. The van der Waals surface area contributed by atoms with E-state index in [4.69, 9.17) is 12.2 Å². The van der Waals surface area contributed by atoms with Gasteiger partial charge in [0.2, 0.25) is 0 Å². The van der Waals surface area contributed by atoms with Crippen LogP contribution in [0.25, 0.3) is 0 Å². The molecular weight excluding hydrogens is 376 g/mol. The number of thiocarbonyl (C=S) groups is 1. The van der Waals surface area contributed by atoms with E-state index in [0.29, 0.717) is 11.2 Å². The maximum atomic E-state index is 5.35. The third-order valence-corrected chi connectivity index (χ3v) is 4.49. The lowest BCUT2D eigenvalue weighted by Crippen LogP contribution is -2.38. The topological polar surface area (TPSA) is 24.1 Å². The molecule has 2 rings (SSSR count). The van der Waals surface area contributed by atoms with Crippen LogP contribution in [0.1, 0.15) is 32.1 Å². The fourth-order valence-electron chi connectivity index (χ4n) is 2.18. The molecule has 18 heavy (non-hydrogen) atoms. The van der Waals surface area contributed by atoms with Gasteiger partial charge in [0.15, 0.2) is 5.11 Å². The molecule has 0 heterocycles. The number of rotatable bonds is 2. The zero-order valence-corrected chi connectivity index (χ0v) is 14.0. The smallest absolute Gasteiger partial charge is 0.171 e. The average Bonchev–Trinajstić information content (AvgIpc) is 2.34. The third-order valence-electron chi connectivity index (χ3n) is 3.12. The van der Waals surface area contributed by atoms with Crippen LogP contribution in [0.2, 0.25) is 0 Å². The molecule has 0 atom stereocenters. The summed E-state index contributed by atoms with van der Waals surface area (Å²) in [5.41, 5.74) is 0.992. The number of hydrogen-bond donors (Lipinski definition) is 2. The first-order valence-corrected chi connectivity index (χ1v) is 8.17. The Bertz CT molecular complexity index is 431. The van der Waals surface area contributed by atoms with E-state index >= 15 is 0 Å². The van der Waals surface area contributed by atoms with Crippen molar-refractivity contribution in [2.75, 3.05) is 5.32 Å². The van der Waals surface area contributed by atoms with Crippen molar-refractivity contribution in [1.29, 1.82) is 0 Å². The largest absolute Gasteiger partial charge is 0.360 e. The van der Waals surface area contributed by atoms with Gasteiger partial charge in [-0.1, -0.05) is 35.2 Å². The Balaban J connectivity index is 1.90. The van der Waals surface area contributed by atoms with E-state index in [-0.39, 0.29) is 0 Å². The first-order valence-electron chi connectivity index (χ1n) is 6.18. The van der Waals surface area contributed by atoms with E-state index in [1.165, 1.54) is 32.1 Å². The fourth-order valence-corrected chi connectivity index (χ4v) is 3.60. The molecule has 0 aromatic heterocycles. The van der Waals surface area contributed by atoms with Gasteiger partial charge in [-0.3, -0.25) is 0 Å². The van der Waals surface area contributed by atoms with Crippen molar-refractivity contribution in [3.05, 3.63) is 27.1 Å². The van der Waals surface area contributed by atoms with E-state index in [2.05, 4.69) is 42.5 Å². The molecule has 1 aliphatic rings. The van der Waals surface area contributed by atoms with E-state index in [9.17, 15) is 0 Å². The molecule has 0 bridgehead atoms. The summed E-state index contributed by atoms with van der Waals surface area (Å²) in [5.74, 6) is 0. The maximum absolute atomic E-state index is 5.35. The predicted molar refractivity (Wildman–Crippen MR) is 88.1 cm³/mol. The summed E-state index contributed by atoms with van der Waals surface area (Å²) < 4.78 is 2.05. The van der Waals surface area contributed by atoms with Crippen molar-refractivity contribution in [2.45, 2.75) is 38.1 Å². The highest BCUT2D eigenvalue weighted by Gasteiger charge is 2.14. The highest BCUT2D eigenvalue weighted by Crippen LogP contribution is 2.26. The van der Waals surface area contributed by atoms with Gasteiger partial charge in [0, 0.05) is 15.0 Å². The summed E-state index contributed by atoms with van der Waals surface area (Å²) in [6, 6.07) is 6.54. The summed E-state index contributed by atoms with van der Waals surface area (Å²) in [7, 11) is 0. The molecular formula is C13H16Br2N2S. The number of nitrogens with one attached hydrogen (secondary N) is 2. The summed E-state index contributed by atoms with van der Waals surface area (Å²) >= 11 is 12.3. The Kier molecular flexibility index (Phi) is 5.45. The van der Waals surface area contributed by atoms with Crippen LogP contribution in [0.4, 0.5) is 5.69 Å². The van der Waals surface area contributed by atoms with Crippen molar-refractivity contribution < 1.29 is 0 Å². The van der Waals surface area contributed by atoms with Gasteiger partial charge in [0.1, 0.15) is 0 Å². The van der Waals surface area contributed by atoms with E-state index in [1.54, 1.807) is 0 Å². The molecule has 98 valence electrons. The van der Waals surface area contributed by atoms with Crippen LogP contribution in [0.15, 0.2) is 27.1 Å². The predicted octanol–water partition coefficient (Wildman–Crippen LogP) is 4.83. The van der Waals surface area contributed by atoms with Crippen LogP contribution >= 0.6 is 44.1 Å². The number of anilines is 1. The maximum Gasteiger partial charge on any atom is 0.171 e. The lowest BCUT2D eigenvalue weighted by molar-refractivity contribution is 0.415. The summed E-state index contributed by atoms with van der Waals surface area (Å²) in [5, 5.41) is 7.35. The first-order chi connectivity index (χ1) is 8.65. The Hall–Kier alpha value is -0.130. The zero-order valence-electron chi connectivity index (χ0n) is 10.0. The van der Waals surface area contributed by atoms with Gasteiger partial charge >= 0.3 is 0 Å². The monoisotopic (exact) mass is 390 g/mol. The summed E-state index contributed by atoms with van der Waals surface area (Å²) in [4.78, 5) is 0. The van der Waals surface area contributed by atoms with E-state index < -0.39 is 0 Å². The zero-order chi connectivity index (χ0) is 13.0. The van der Waals surface area contributed by atoms with Gasteiger partial charge in [-0.15, -0.1) is 0 Å². The molecule has 2 nitrogen and oxygen atoms in total. The van der Waals surface area contributed by atoms with E-state index in [1.807, 2.05) is 18.2 Å². The fraction of sp³-hybridized carbons (Fsp3) is 0.462. The lowest BCUT2D eigenvalue weighted by Gasteiger charge is -2.24.